The molecule has 1 saturated carbocycles. The number of nitrogens with one attached hydrogen (secondary N) is 1. The van der Waals surface area contributed by atoms with Crippen molar-refractivity contribution < 1.29 is 18.7 Å². The second-order valence-electron chi connectivity index (χ2n) is 9.64. The molecule has 8 nitrogen and oxygen atoms in total. The Morgan fingerprint density at radius 3 is 2.86 bits per heavy atom. The van der Waals surface area contributed by atoms with Gasteiger partial charge in [-0.15, -0.1) is 11.3 Å². The minimum Gasteiger partial charge on any atom is -0.463 e. The van der Waals surface area contributed by atoms with Gasteiger partial charge in [0.15, 0.2) is 5.58 Å². The van der Waals surface area contributed by atoms with Crippen LogP contribution in [-0.4, -0.2) is 45.6 Å². The van der Waals surface area contributed by atoms with Gasteiger partial charge < -0.3 is 23.9 Å². The number of aryl methyl sites for hydroxylation is 1. The molecule has 1 aromatic carbocycles. The topological polar surface area (TPSA) is 89.6 Å². The van der Waals surface area contributed by atoms with Crippen LogP contribution in [0.2, 0.25) is 5.02 Å². The van der Waals surface area contributed by atoms with Gasteiger partial charge in [0.2, 0.25) is 5.88 Å². The molecule has 0 spiro atoms. The van der Waals surface area contributed by atoms with Crippen molar-refractivity contribution in [3.8, 4) is 16.3 Å². The van der Waals surface area contributed by atoms with Crippen molar-refractivity contribution in [1.29, 1.82) is 0 Å². The van der Waals surface area contributed by atoms with Crippen molar-refractivity contribution in [2.75, 3.05) is 13.1 Å². The van der Waals surface area contributed by atoms with Gasteiger partial charge in [0.25, 0.3) is 5.91 Å². The van der Waals surface area contributed by atoms with Gasteiger partial charge in [0, 0.05) is 49.3 Å². The Hall–Kier alpha value is -3.30. The predicted octanol–water partition coefficient (Wildman–Crippen LogP) is 6.21. The number of likely N-dealkylation sites (tertiary alicyclic amines) is 1. The molecular weight excluding hydrogens is 512 g/mol. The number of amides is 2. The quantitative estimate of drug-likeness (QED) is 0.315. The molecule has 2 fully saturated rings. The van der Waals surface area contributed by atoms with Gasteiger partial charge in [-0.2, -0.15) is 0 Å². The van der Waals surface area contributed by atoms with E-state index in [4.69, 9.17) is 25.7 Å². The number of carbonyl (C=O) groups excluding carboxylic acids is 2. The predicted molar refractivity (Wildman–Crippen MR) is 142 cm³/mol. The number of fused-ring (bicyclic) bond motifs is 1. The molecule has 192 valence electrons. The van der Waals surface area contributed by atoms with E-state index in [0.717, 1.165) is 53.1 Å². The highest BCUT2D eigenvalue weighted by Gasteiger charge is 2.34. The summed E-state index contributed by atoms with van der Waals surface area (Å²) >= 11 is 7.86. The summed E-state index contributed by atoms with van der Waals surface area (Å²) in [5.41, 5.74) is 2.88. The number of hydrogen-bond donors (Lipinski definition) is 1. The molecule has 0 bridgehead atoms. The molecule has 3 aromatic heterocycles. The fraction of sp³-hybridized carbons (Fsp3) is 0.370. The SMILES string of the molecule is Cn1c(OC(=O)NC[C@@H]2CCCCN2C(=O)c2nc(C3CC3)sc2-c2cccc(Cl)c2)cc2occc21. The van der Waals surface area contributed by atoms with Crippen LogP contribution in [0.5, 0.6) is 5.88 Å². The lowest BCUT2D eigenvalue weighted by Gasteiger charge is -2.35. The molecule has 2 aliphatic rings. The largest absolute Gasteiger partial charge is 0.463 e. The van der Waals surface area contributed by atoms with Crippen molar-refractivity contribution in [2.24, 2.45) is 7.05 Å². The molecule has 4 aromatic rings. The summed E-state index contributed by atoms with van der Waals surface area (Å²) < 4.78 is 12.6. The maximum absolute atomic E-state index is 13.9. The molecule has 2 amide bonds. The van der Waals surface area contributed by atoms with Crippen LogP contribution in [0.4, 0.5) is 4.79 Å². The lowest BCUT2D eigenvalue weighted by molar-refractivity contribution is 0.0606. The zero-order chi connectivity index (χ0) is 25.5. The Bertz CT molecular complexity index is 1470. The standard InChI is InChI=1S/C27H27ClN4O4S/c1-31-20-10-12-35-21(20)14-22(31)36-27(34)29-15-19-7-2-3-11-32(19)26(33)23-24(17-5-4-6-18(28)13-17)37-25(30-23)16-8-9-16/h4-6,10,12-14,16,19H,2-3,7-9,11,15H2,1H3,(H,29,34)/t19-/m0/s1. The Morgan fingerprint density at radius 2 is 2.08 bits per heavy atom. The van der Waals surface area contributed by atoms with Crippen LogP contribution in [0.15, 0.2) is 47.1 Å². The van der Waals surface area contributed by atoms with E-state index in [9.17, 15) is 9.59 Å². The first-order valence-electron chi connectivity index (χ1n) is 12.5. The first-order valence-corrected chi connectivity index (χ1v) is 13.7. The minimum atomic E-state index is -0.564. The number of nitrogens with zero attached hydrogens (tertiary/aromatic N) is 3. The number of aromatic nitrogens is 2. The summed E-state index contributed by atoms with van der Waals surface area (Å²) in [5, 5.41) is 4.50. The van der Waals surface area contributed by atoms with Gasteiger partial charge in [-0.25, -0.2) is 9.78 Å². The van der Waals surface area contributed by atoms with Crippen molar-refractivity contribution in [1.82, 2.24) is 19.8 Å². The van der Waals surface area contributed by atoms with Crippen LogP contribution in [0, 0.1) is 0 Å². The first-order chi connectivity index (χ1) is 18.0. The monoisotopic (exact) mass is 538 g/mol. The van der Waals surface area contributed by atoms with Gasteiger partial charge >= 0.3 is 6.09 Å². The summed E-state index contributed by atoms with van der Waals surface area (Å²) in [7, 11) is 1.81. The van der Waals surface area contributed by atoms with Gasteiger partial charge in [-0.05, 0) is 49.8 Å². The van der Waals surface area contributed by atoms with E-state index < -0.39 is 6.09 Å². The maximum Gasteiger partial charge on any atom is 0.413 e. The fourth-order valence-corrected chi connectivity index (χ4v) is 6.30. The molecule has 6 rings (SSSR count). The van der Waals surface area contributed by atoms with Crippen LogP contribution in [0.3, 0.4) is 0 Å². The van der Waals surface area contributed by atoms with Crippen molar-refractivity contribution >= 4 is 46.0 Å². The number of carbonyl (C=O) groups is 2. The fourth-order valence-electron chi connectivity index (χ4n) is 4.89. The second kappa shape index (κ2) is 9.87. The third-order valence-electron chi connectivity index (χ3n) is 7.05. The van der Waals surface area contributed by atoms with E-state index in [-0.39, 0.29) is 11.9 Å². The highest BCUT2D eigenvalue weighted by atomic mass is 35.5. The zero-order valence-corrected chi connectivity index (χ0v) is 22.0. The second-order valence-corrected chi connectivity index (χ2v) is 11.1. The highest BCUT2D eigenvalue weighted by Crippen LogP contribution is 2.45. The number of ether oxygens (including phenoxy) is 1. The number of benzene rings is 1. The van der Waals surface area contributed by atoms with E-state index in [2.05, 4.69) is 5.32 Å². The Morgan fingerprint density at radius 1 is 1.22 bits per heavy atom. The molecular formula is C27H27ClN4O4S. The van der Waals surface area contributed by atoms with Gasteiger partial charge in [-0.3, -0.25) is 4.79 Å². The lowest BCUT2D eigenvalue weighted by Crippen LogP contribution is -2.50. The number of hydrogen-bond acceptors (Lipinski definition) is 6. The lowest BCUT2D eigenvalue weighted by atomic mass is 10.0. The minimum absolute atomic E-state index is 0.0965. The molecule has 10 heteroatoms. The molecule has 0 radical (unpaired) electrons. The molecule has 4 heterocycles. The smallest absolute Gasteiger partial charge is 0.413 e. The van der Waals surface area contributed by atoms with E-state index >= 15 is 0 Å². The third kappa shape index (κ3) is 4.85. The van der Waals surface area contributed by atoms with Crippen LogP contribution in [-0.2, 0) is 7.05 Å². The Balaban J connectivity index is 1.18. The van der Waals surface area contributed by atoms with Gasteiger partial charge in [0.05, 0.1) is 21.7 Å². The average molecular weight is 539 g/mol. The van der Waals surface area contributed by atoms with E-state index in [1.165, 1.54) is 0 Å². The first kappa shape index (κ1) is 24.1. The number of piperidine rings is 1. The molecule has 1 aliphatic carbocycles. The Kier molecular flexibility index (Phi) is 6.42. The van der Waals surface area contributed by atoms with Crippen LogP contribution in [0.1, 0.15) is 53.5 Å². The van der Waals surface area contributed by atoms with Gasteiger partial charge in [0.1, 0.15) is 5.69 Å². The number of rotatable bonds is 6. The van der Waals surface area contributed by atoms with Crippen molar-refractivity contribution in [3.63, 3.8) is 0 Å². The molecule has 1 saturated heterocycles. The van der Waals surface area contributed by atoms with Crippen molar-refractivity contribution in [2.45, 2.75) is 44.1 Å². The summed E-state index contributed by atoms with van der Waals surface area (Å²) in [4.78, 5) is 34.0. The summed E-state index contributed by atoms with van der Waals surface area (Å²) in [5.74, 6) is 0.739. The highest BCUT2D eigenvalue weighted by molar-refractivity contribution is 7.15. The maximum atomic E-state index is 13.9. The van der Waals surface area contributed by atoms with Crippen LogP contribution < -0.4 is 10.1 Å². The van der Waals surface area contributed by atoms with Gasteiger partial charge in [-0.1, -0.05) is 23.7 Å². The van der Waals surface area contributed by atoms with E-state index in [1.807, 2.05) is 42.3 Å². The zero-order valence-electron chi connectivity index (χ0n) is 20.4. The van der Waals surface area contributed by atoms with Crippen LogP contribution in [0.25, 0.3) is 21.5 Å². The summed E-state index contributed by atoms with van der Waals surface area (Å²) in [6, 6.07) is 10.9. The molecule has 37 heavy (non-hydrogen) atoms. The van der Waals surface area contributed by atoms with Crippen molar-refractivity contribution in [3.05, 3.63) is 58.4 Å². The number of furan rings is 1. The number of halogens is 1. The van der Waals surface area contributed by atoms with E-state index in [1.54, 1.807) is 28.2 Å². The number of thiazole rings is 1. The Labute approximate surface area is 223 Å². The normalized spacial score (nSPS) is 17.8. The average Bonchev–Trinajstić information content (AvgIpc) is 3.36. The summed E-state index contributed by atoms with van der Waals surface area (Å²) in [6.45, 7) is 0.928. The van der Waals surface area contributed by atoms with E-state index in [0.29, 0.717) is 41.2 Å². The molecule has 1 aliphatic heterocycles. The van der Waals surface area contributed by atoms with Crippen LogP contribution >= 0.6 is 22.9 Å². The molecule has 0 unspecified atom stereocenters. The summed E-state index contributed by atoms with van der Waals surface area (Å²) in [6.07, 6.45) is 5.96. The third-order valence-corrected chi connectivity index (χ3v) is 8.55. The molecule has 1 atom stereocenters. The molecule has 1 N–H and O–H groups in total.